The minimum Gasteiger partial charge on any atom is -0.744 e. The van der Waals surface area contributed by atoms with E-state index in [2.05, 4.69) is 50.2 Å². The van der Waals surface area contributed by atoms with E-state index in [-0.39, 0.29) is 167 Å². The maximum atomic E-state index is 12.8. The van der Waals surface area contributed by atoms with Gasteiger partial charge in [0.2, 0.25) is 34.7 Å². The number of H-pyrrole nitrogens is 3. The first-order chi connectivity index (χ1) is 34.0. The molecule has 74 heavy (non-hydrogen) atoms. The van der Waals surface area contributed by atoms with E-state index < -0.39 is 73.3 Å². The smallest absolute Gasteiger partial charge is 0.744 e. The second-order valence-electron chi connectivity index (χ2n) is 14.7. The van der Waals surface area contributed by atoms with E-state index in [1.807, 2.05) is 0 Å². The van der Waals surface area contributed by atoms with Crippen LogP contribution >= 0.6 is 0 Å². The Morgan fingerprint density at radius 1 is 0.541 bits per heavy atom. The molecule has 0 radical (unpaired) electrons. The Labute approximate surface area is 465 Å². The van der Waals surface area contributed by atoms with Crippen LogP contribution in [0.15, 0.2) is 119 Å². The Bertz CT molecular complexity index is 3660. The predicted octanol–water partition coefficient (Wildman–Crippen LogP) is -6.64. The molecule has 2 aromatic heterocycles. The van der Waals surface area contributed by atoms with Crippen molar-refractivity contribution in [2.75, 3.05) is 67.7 Å². The molecule has 0 aliphatic heterocycles. The van der Waals surface area contributed by atoms with Crippen LogP contribution in [0.3, 0.4) is 0 Å². The quantitative estimate of drug-likeness (QED) is 0.0182. The largest absolute Gasteiger partial charge is 1.00 e. The molecule has 0 spiro atoms. The van der Waals surface area contributed by atoms with Crippen LogP contribution in [0.5, 0.6) is 0 Å². The molecular weight excluding hydrogens is 1080 g/mol. The second-order valence-corrected chi connectivity index (χ2v) is 20.2. The number of nitrogens with one attached hydrogen (secondary N) is 4. The van der Waals surface area contributed by atoms with E-state index in [1.165, 1.54) is 58.3 Å². The molecule has 0 bridgehead atoms. The summed E-state index contributed by atoms with van der Waals surface area (Å²) in [5.41, 5.74) is -1.11. The van der Waals surface area contributed by atoms with E-state index in [9.17, 15) is 72.3 Å². The van der Waals surface area contributed by atoms with Gasteiger partial charge >= 0.3 is 59.1 Å². The minimum atomic E-state index is -5.05. The number of aliphatic hydroxyl groups excluding tert-OH is 4. The summed E-state index contributed by atoms with van der Waals surface area (Å²) in [6, 6.07) is 16.2. The van der Waals surface area contributed by atoms with Gasteiger partial charge in [-0.15, -0.1) is 0 Å². The summed E-state index contributed by atoms with van der Waals surface area (Å²) in [6.45, 7) is -1.72. The fourth-order valence-electron chi connectivity index (χ4n) is 6.43. The molecule has 0 atom stereocenters. The summed E-state index contributed by atoms with van der Waals surface area (Å²) in [7, 11) is -19.7. The first kappa shape index (κ1) is 61.5. The molecule has 6 aromatic rings. The summed E-state index contributed by atoms with van der Waals surface area (Å²) in [6.07, 6.45) is 2.23. The Morgan fingerprint density at radius 3 is 1.47 bits per heavy atom. The van der Waals surface area contributed by atoms with Crippen LogP contribution in [0.2, 0.25) is 0 Å². The van der Waals surface area contributed by atoms with Gasteiger partial charge in [0.1, 0.15) is 30.0 Å². The zero-order valence-electron chi connectivity index (χ0n) is 38.9. The topological polar surface area (TPSA) is 446 Å². The summed E-state index contributed by atoms with van der Waals surface area (Å²) in [5, 5.41) is 41.4. The van der Waals surface area contributed by atoms with E-state index in [0.29, 0.717) is 0 Å². The average molecular weight is 1120 g/mol. The summed E-state index contributed by atoms with van der Waals surface area (Å²) in [5.74, 6) is -0.201. The average Bonchev–Trinajstić information content (AvgIpc) is 3.30. The second kappa shape index (κ2) is 26.6. The van der Waals surface area contributed by atoms with Gasteiger partial charge < -0.3 is 44.6 Å². The molecule has 34 heteroatoms. The van der Waals surface area contributed by atoms with Gasteiger partial charge in [0.25, 0.3) is 20.2 Å². The molecule has 2 heterocycles. The molecule has 28 nitrogen and oxygen atoms in total. The third-order valence-electron chi connectivity index (χ3n) is 9.61. The van der Waals surface area contributed by atoms with E-state index in [4.69, 9.17) is 0 Å². The number of aromatic nitrogens is 6. The zero-order chi connectivity index (χ0) is 52.4. The van der Waals surface area contributed by atoms with Crippen molar-refractivity contribution in [1.29, 1.82) is 0 Å². The van der Waals surface area contributed by atoms with Gasteiger partial charge in [-0.05, 0) is 77.9 Å². The van der Waals surface area contributed by atoms with Crippen LogP contribution in [0, 0.1) is 0 Å². The predicted molar refractivity (Wildman–Crippen MR) is 251 cm³/mol. The van der Waals surface area contributed by atoms with Crippen molar-refractivity contribution < 1.29 is 131 Å². The third kappa shape index (κ3) is 17.2. The molecule has 0 saturated heterocycles. The van der Waals surface area contributed by atoms with E-state index in [1.54, 1.807) is 0 Å². The number of hydrogen-bond donors (Lipinski definition) is 10. The molecule has 0 unspecified atom stereocenters. The number of hydrogen-bond acceptors (Lipinski definition) is 23. The number of rotatable bonds is 21. The fraction of sp³-hybridized carbons (Fsp3) is 0.200. The molecule has 0 fully saturated rings. The van der Waals surface area contributed by atoms with Crippen molar-refractivity contribution in [3.05, 3.63) is 113 Å². The van der Waals surface area contributed by atoms with Crippen LogP contribution in [0.25, 0.3) is 12.2 Å². The van der Waals surface area contributed by atoms with Gasteiger partial charge in [-0.3, -0.25) is 24.1 Å². The Kier molecular flexibility index (Phi) is 22.1. The van der Waals surface area contributed by atoms with Crippen molar-refractivity contribution in [3.63, 3.8) is 0 Å². The molecule has 0 aliphatic rings. The number of aromatic amines is 3. The first-order valence-electron chi connectivity index (χ1n) is 20.5. The Hall–Kier alpha value is -5.08. The summed E-state index contributed by atoms with van der Waals surface area (Å²) >= 11 is 0. The van der Waals surface area contributed by atoms with Gasteiger partial charge in [-0.2, -0.15) is 31.8 Å². The molecule has 10 N–H and O–H groups in total. The molecule has 384 valence electrons. The Morgan fingerprint density at radius 2 is 1.00 bits per heavy atom. The molecule has 6 rings (SSSR count). The van der Waals surface area contributed by atoms with Crippen molar-refractivity contribution in [2.45, 2.75) is 19.6 Å². The maximum Gasteiger partial charge on any atom is 1.00 e. The van der Waals surface area contributed by atoms with Gasteiger partial charge in [0.15, 0.2) is 0 Å². The van der Waals surface area contributed by atoms with Crippen molar-refractivity contribution in [3.8, 4) is 0 Å². The van der Waals surface area contributed by atoms with Crippen LogP contribution in [0.4, 0.5) is 40.6 Å². The molecule has 0 amide bonds. The van der Waals surface area contributed by atoms with Crippen LogP contribution in [-0.2, 0) is 40.5 Å². The van der Waals surface area contributed by atoms with Crippen LogP contribution in [0.1, 0.15) is 11.1 Å². The monoisotopic (exact) mass is 1120 g/mol. The van der Waals surface area contributed by atoms with Gasteiger partial charge in [0, 0.05) is 31.9 Å². The van der Waals surface area contributed by atoms with Gasteiger partial charge in [-0.25, -0.2) is 31.8 Å². The zero-order valence-corrected chi connectivity index (χ0v) is 46.1. The SMILES string of the molecule is O=S(=O)([O-])c1ccc(Nc2nc(N(CCO)CCO)[nH]c(=Nc3ccc(/C=C/c4ccc(N=c5[nH]c(N(CCO)CCO)nc(=Nc6cccc(S(=O)(=O)[O-])c6)[nH]5)cc4S(=O)(=O)O)c(S(=O)(=O)O)c3)n2)cc1.[Na+].[Na+]. The third-order valence-corrected chi connectivity index (χ3v) is 13.1. The van der Waals surface area contributed by atoms with Crippen molar-refractivity contribution in [2.24, 2.45) is 15.0 Å². The summed E-state index contributed by atoms with van der Waals surface area (Å²) in [4.78, 5) is 34.4. The number of aliphatic hydroxyl groups is 4. The number of anilines is 4. The van der Waals surface area contributed by atoms with E-state index in [0.717, 1.165) is 48.6 Å². The van der Waals surface area contributed by atoms with Crippen molar-refractivity contribution >= 4 is 93.2 Å². The minimum absolute atomic E-state index is 0. The van der Waals surface area contributed by atoms with Crippen LogP contribution < -0.4 is 91.1 Å². The van der Waals surface area contributed by atoms with Crippen LogP contribution in [-0.4, -0.2) is 155 Å². The molecular formula is C40H42N12Na2O16S4. The number of nitrogens with zero attached hydrogens (tertiary/aromatic N) is 8. The normalized spacial score (nSPS) is 12.9. The Balaban J connectivity index is 0.00000593. The standard InChI is InChI=1S/C40H44N12O16S4.2Na/c53-18-14-51(15-19-54)39-47-35(41-27-10-12-31(13-11-27)69(57,58)59)45-37(49-39)43-29-8-6-25(33(23-29)71(63,64)65)4-5-26-7-9-30(24-34(26)72(66,67)68)44-38-46-36(48-40(50-38)52(16-20-55)17-21-56)42-28-2-1-3-32(22-28)70(60,61)62;;/h1-13,22-24,53-56H,14-21H2,(H,57,58,59)(H,60,61,62)(H,63,64,65)(H,66,67,68)(H2,41,43,45,47,49)(H2,42,44,46,48,50);;/q;2*+1/p-2/b5-4+;;. The maximum absolute atomic E-state index is 12.8. The van der Waals surface area contributed by atoms with Gasteiger partial charge in [0.05, 0.1) is 53.3 Å². The molecule has 4 aromatic carbocycles. The summed E-state index contributed by atoms with van der Waals surface area (Å²) < 4.78 is 141. The molecule has 0 saturated carbocycles. The number of benzene rings is 4. The van der Waals surface area contributed by atoms with Crippen molar-refractivity contribution in [1.82, 2.24) is 29.9 Å². The van der Waals surface area contributed by atoms with E-state index >= 15 is 0 Å². The first-order valence-corrected chi connectivity index (χ1v) is 26.2. The fourth-order valence-corrected chi connectivity index (χ4v) is 8.82. The van der Waals surface area contributed by atoms with Gasteiger partial charge in [-0.1, -0.05) is 30.4 Å². The molecule has 0 aliphatic carbocycles.